The molecule has 1 saturated heterocycles. The first-order valence-electron chi connectivity index (χ1n) is 10.1. The minimum atomic E-state index is 0.438. The molecule has 0 unspecified atom stereocenters. The Labute approximate surface area is 161 Å². The third-order valence-corrected chi connectivity index (χ3v) is 12.9. The Kier molecular flexibility index (Phi) is 3.95. The van der Waals surface area contributed by atoms with Crippen molar-refractivity contribution in [2.75, 3.05) is 11.5 Å². The molecule has 1 heterocycles. The summed E-state index contributed by atoms with van der Waals surface area (Å²) < 4.78 is 0.458. The highest BCUT2D eigenvalue weighted by Crippen LogP contribution is 2.68. The Morgan fingerprint density at radius 1 is 0.958 bits per heavy atom. The summed E-state index contributed by atoms with van der Waals surface area (Å²) in [5.74, 6) is 5.51. The summed E-state index contributed by atoms with van der Waals surface area (Å²) in [6.07, 6.45) is 13.9. The summed E-state index contributed by atoms with van der Waals surface area (Å²) in [4.78, 5) is 0. The van der Waals surface area contributed by atoms with Gasteiger partial charge in [0.2, 0.25) is 0 Å². The van der Waals surface area contributed by atoms with Gasteiger partial charge in [-0.2, -0.15) is 0 Å². The van der Waals surface area contributed by atoms with Crippen LogP contribution in [0.2, 0.25) is 0 Å². The van der Waals surface area contributed by atoms with Gasteiger partial charge in [-0.15, -0.1) is 35.1 Å². The van der Waals surface area contributed by atoms with E-state index in [0.717, 1.165) is 17.8 Å². The van der Waals surface area contributed by atoms with Crippen molar-refractivity contribution < 1.29 is 0 Å². The highest BCUT2D eigenvalue weighted by atomic mass is 35.5. The molecule has 0 aromatic heterocycles. The third kappa shape index (κ3) is 2.21. The van der Waals surface area contributed by atoms with Crippen molar-refractivity contribution in [2.45, 2.75) is 74.7 Å². The zero-order valence-electron chi connectivity index (χ0n) is 15.2. The average Bonchev–Trinajstić information content (AvgIpc) is 3.14. The van der Waals surface area contributed by atoms with Gasteiger partial charge in [0.05, 0.1) is 4.08 Å². The molecule has 4 aliphatic carbocycles. The fraction of sp³-hybridized carbons (Fsp3) is 0.905. The monoisotopic (exact) mass is 382 g/mol. The molecule has 5 rings (SSSR count). The Balaban J connectivity index is 1.47. The molecule has 0 aromatic rings. The third-order valence-electron chi connectivity index (χ3n) is 8.78. The fourth-order valence-corrected chi connectivity index (χ4v) is 10.8. The van der Waals surface area contributed by atoms with Crippen LogP contribution in [0.3, 0.4) is 0 Å². The van der Waals surface area contributed by atoms with Crippen molar-refractivity contribution in [2.24, 2.45) is 28.6 Å². The number of thioether (sulfide) groups is 2. The van der Waals surface area contributed by atoms with Gasteiger partial charge in [-0.25, -0.2) is 0 Å². The zero-order chi connectivity index (χ0) is 16.6. The molecular weight excluding hydrogens is 352 g/mol. The number of rotatable bonds is 0. The molecule has 5 aliphatic rings. The van der Waals surface area contributed by atoms with E-state index in [1.54, 1.807) is 0 Å². The van der Waals surface area contributed by atoms with Crippen molar-refractivity contribution in [1.82, 2.24) is 0 Å². The number of fused-ring (bicyclic) bond motifs is 5. The number of halogens is 1. The molecule has 4 fully saturated rings. The van der Waals surface area contributed by atoms with E-state index in [2.05, 4.69) is 43.4 Å². The molecule has 0 aromatic carbocycles. The second-order valence-electron chi connectivity index (χ2n) is 9.60. The van der Waals surface area contributed by atoms with Gasteiger partial charge < -0.3 is 0 Å². The maximum Gasteiger partial charge on any atom is 0.0795 e. The van der Waals surface area contributed by atoms with Crippen molar-refractivity contribution in [3.8, 4) is 0 Å². The van der Waals surface area contributed by atoms with Crippen LogP contribution >= 0.6 is 35.1 Å². The standard InChI is InChI=1S/C21H31ClS2/c1-19-9-10-21(23-11-12-24-21)13-14(19)3-4-15-16-5-6-18(22)20(16,2)8-7-17(15)19/h13,15-18H,3-12H2,1-2H3/t15-,16-,17-,18+,19-,20-/m0/s1. The highest BCUT2D eigenvalue weighted by Gasteiger charge is 2.59. The Hall–Kier alpha value is 0.730. The van der Waals surface area contributed by atoms with Gasteiger partial charge in [-0.05, 0) is 80.0 Å². The van der Waals surface area contributed by atoms with E-state index < -0.39 is 0 Å². The van der Waals surface area contributed by atoms with Crippen LogP contribution in [0.15, 0.2) is 11.6 Å². The number of hydrogen-bond donors (Lipinski definition) is 0. The highest BCUT2D eigenvalue weighted by molar-refractivity contribution is 8.21. The van der Waals surface area contributed by atoms with E-state index in [4.69, 9.17) is 11.6 Å². The fourth-order valence-electron chi connectivity index (χ4n) is 7.32. The molecule has 0 amide bonds. The topological polar surface area (TPSA) is 0 Å². The van der Waals surface area contributed by atoms with Crippen molar-refractivity contribution in [1.29, 1.82) is 0 Å². The summed E-state index contributed by atoms with van der Waals surface area (Å²) in [6, 6.07) is 0. The van der Waals surface area contributed by atoms with E-state index >= 15 is 0 Å². The van der Waals surface area contributed by atoms with Crippen LogP contribution in [-0.4, -0.2) is 21.0 Å². The largest absolute Gasteiger partial charge is 0.139 e. The summed E-state index contributed by atoms with van der Waals surface area (Å²) >= 11 is 11.3. The molecule has 1 aliphatic heterocycles. The van der Waals surface area contributed by atoms with Crippen LogP contribution < -0.4 is 0 Å². The number of hydrogen-bond acceptors (Lipinski definition) is 2. The molecule has 1 spiro atoms. The summed E-state index contributed by atoms with van der Waals surface area (Å²) in [7, 11) is 0. The lowest BCUT2D eigenvalue weighted by molar-refractivity contribution is -0.0351. The SMILES string of the molecule is C[C@]12CC[C@H]3[C@@H](CCC4=CC5(CC[C@@]43C)SCCS5)[C@@H]1CC[C@H]2Cl. The van der Waals surface area contributed by atoms with E-state index in [1.807, 2.05) is 5.57 Å². The number of alkyl halides is 1. The van der Waals surface area contributed by atoms with E-state index in [1.165, 1.54) is 62.9 Å². The van der Waals surface area contributed by atoms with E-state index in [-0.39, 0.29) is 0 Å². The minimum absolute atomic E-state index is 0.438. The van der Waals surface area contributed by atoms with Crippen molar-refractivity contribution in [3.05, 3.63) is 11.6 Å². The van der Waals surface area contributed by atoms with Gasteiger partial charge in [0, 0.05) is 16.9 Å². The van der Waals surface area contributed by atoms with Crippen molar-refractivity contribution >= 4 is 35.1 Å². The molecule has 0 N–H and O–H groups in total. The van der Waals surface area contributed by atoms with Gasteiger partial charge in [-0.3, -0.25) is 0 Å². The number of allylic oxidation sites excluding steroid dienone is 1. The Morgan fingerprint density at radius 3 is 2.54 bits per heavy atom. The molecule has 3 saturated carbocycles. The minimum Gasteiger partial charge on any atom is -0.139 e. The molecule has 0 bridgehead atoms. The summed E-state index contributed by atoms with van der Waals surface area (Å²) in [6.45, 7) is 5.16. The average molecular weight is 383 g/mol. The maximum absolute atomic E-state index is 6.80. The molecule has 6 atom stereocenters. The van der Waals surface area contributed by atoms with Gasteiger partial charge in [-0.1, -0.05) is 25.5 Å². The molecule has 3 heteroatoms. The second kappa shape index (κ2) is 5.61. The van der Waals surface area contributed by atoms with Crippen LogP contribution in [0.5, 0.6) is 0 Å². The van der Waals surface area contributed by atoms with Gasteiger partial charge in [0.25, 0.3) is 0 Å². The predicted molar refractivity (Wildman–Crippen MR) is 109 cm³/mol. The van der Waals surface area contributed by atoms with Gasteiger partial charge >= 0.3 is 0 Å². The molecule has 0 radical (unpaired) electrons. The second-order valence-corrected chi connectivity index (χ2v) is 13.2. The Morgan fingerprint density at radius 2 is 1.75 bits per heavy atom. The van der Waals surface area contributed by atoms with Crippen LogP contribution in [0.4, 0.5) is 0 Å². The smallest absolute Gasteiger partial charge is 0.0795 e. The van der Waals surface area contributed by atoms with Crippen molar-refractivity contribution in [3.63, 3.8) is 0 Å². The molecule has 24 heavy (non-hydrogen) atoms. The lowest BCUT2D eigenvalue weighted by atomic mass is 9.47. The maximum atomic E-state index is 6.80. The van der Waals surface area contributed by atoms with Gasteiger partial charge in [0.15, 0.2) is 0 Å². The summed E-state index contributed by atoms with van der Waals surface area (Å²) in [5.41, 5.74) is 2.79. The van der Waals surface area contributed by atoms with Gasteiger partial charge in [0.1, 0.15) is 0 Å². The lowest BCUT2D eigenvalue weighted by Crippen LogP contribution is -2.51. The first-order chi connectivity index (χ1) is 11.5. The summed E-state index contributed by atoms with van der Waals surface area (Å²) in [5, 5.41) is 0.439. The molecular formula is C21H31ClS2. The van der Waals surface area contributed by atoms with Crippen LogP contribution in [0.25, 0.3) is 0 Å². The first-order valence-corrected chi connectivity index (χ1v) is 12.5. The first kappa shape index (κ1) is 16.9. The normalized spacial score (nSPS) is 52.5. The lowest BCUT2D eigenvalue weighted by Gasteiger charge is -2.59. The quantitative estimate of drug-likeness (QED) is 0.336. The predicted octanol–water partition coefficient (Wildman–Crippen LogP) is 6.73. The molecule has 0 nitrogen and oxygen atoms in total. The van der Waals surface area contributed by atoms with Crippen LogP contribution in [0.1, 0.15) is 65.2 Å². The molecule has 134 valence electrons. The Bertz CT molecular complexity index is 566. The zero-order valence-corrected chi connectivity index (χ0v) is 17.5. The van der Waals surface area contributed by atoms with Crippen LogP contribution in [0, 0.1) is 28.6 Å². The van der Waals surface area contributed by atoms with Crippen LogP contribution in [-0.2, 0) is 0 Å². The van der Waals surface area contributed by atoms with E-state index in [9.17, 15) is 0 Å². The van der Waals surface area contributed by atoms with E-state index in [0.29, 0.717) is 20.3 Å².